The van der Waals surface area contributed by atoms with E-state index in [2.05, 4.69) is 13.8 Å². The Morgan fingerprint density at radius 3 is 2.71 bits per heavy atom. The second kappa shape index (κ2) is 3.06. The molecule has 2 nitrogen and oxygen atoms in total. The minimum Gasteiger partial charge on any atom is -0.392 e. The maximum Gasteiger partial charge on any atom is 0.144 e. The van der Waals surface area contributed by atoms with Gasteiger partial charge in [0.05, 0.1) is 6.10 Å². The summed E-state index contributed by atoms with van der Waals surface area (Å²) < 4.78 is 0. The molecule has 0 spiro atoms. The molecule has 2 saturated carbocycles. The third-order valence-corrected chi connectivity index (χ3v) is 4.32. The number of carbonyl (C=O) groups is 1. The number of aliphatic hydroxyl groups is 1. The Morgan fingerprint density at radius 2 is 2.14 bits per heavy atom. The molecule has 0 aromatic rings. The molecule has 14 heavy (non-hydrogen) atoms. The standard InChI is InChI=1S/C12H20O2/c1-7(2)8-4-5-12(3)6-9(13)10(8)11(12)14/h7-10,13H,4-6H2,1-3H3. The molecule has 0 saturated heterocycles. The minimum atomic E-state index is -0.373. The Labute approximate surface area is 85.7 Å². The maximum atomic E-state index is 12.1. The van der Waals surface area contributed by atoms with E-state index in [1.165, 1.54) is 0 Å². The van der Waals surface area contributed by atoms with Gasteiger partial charge in [0.2, 0.25) is 0 Å². The van der Waals surface area contributed by atoms with Crippen LogP contribution in [0.5, 0.6) is 0 Å². The van der Waals surface area contributed by atoms with Gasteiger partial charge in [0, 0.05) is 11.3 Å². The summed E-state index contributed by atoms with van der Waals surface area (Å²) in [6, 6.07) is 0. The number of hydrogen-bond donors (Lipinski definition) is 1. The van der Waals surface area contributed by atoms with Gasteiger partial charge in [-0.25, -0.2) is 0 Å². The summed E-state index contributed by atoms with van der Waals surface area (Å²) in [6.07, 6.45) is 2.41. The predicted octanol–water partition coefficient (Wildman–Crippen LogP) is 2.01. The first-order valence-corrected chi connectivity index (χ1v) is 5.68. The number of aliphatic hydroxyl groups excluding tert-OH is 1. The number of ketones is 1. The lowest BCUT2D eigenvalue weighted by atomic mass is 9.68. The maximum absolute atomic E-state index is 12.1. The summed E-state index contributed by atoms with van der Waals surface area (Å²) in [5.74, 6) is 1.19. The van der Waals surface area contributed by atoms with Gasteiger partial charge in [-0.1, -0.05) is 20.8 Å². The van der Waals surface area contributed by atoms with E-state index >= 15 is 0 Å². The molecule has 4 unspecified atom stereocenters. The van der Waals surface area contributed by atoms with Crippen LogP contribution < -0.4 is 0 Å². The highest BCUT2D eigenvalue weighted by Crippen LogP contribution is 2.52. The fourth-order valence-corrected chi connectivity index (χ4v) is 3.38. The zero-order valence-electron chi connectivity index (χ0n) is 9.29. The average molecular weight is 196 g/mol. The SMILES string of the molecule is CC(C)C1CCC2(C)CC(O)C1C2=O. The highest BCUT2D eigenvalue weighted by Gasteiger charge is 2.55. The highest BCUT2D eigenvalue weighted by atomic mass is 16.3. The Balaban J connectivity index is 2.28. The monoisotopic (exact) mass is 196 g/mol. The van der Waals surface area contributed by atoms with Crippen molar-refractivity contribution in [2.75, 3.05) is 0 Å². The molecule has 1 N–H and O–H groups in total. The van der Waals surface area contributed by atoms with Crippen LogP contribution in [-0.4, -0.2) is 17.0 Å². The molecule has 2 aliphatic carbocycles. The van der Waals surface area contributed by atoms with Gasteiger partial charge in [0.1, 0.15) is 5.78 Å². The van der Waals surface area contributed by atoms with Crippen LogP contribution in [0.2, 0.25) is 0 Å². The number of Topliss-reactive ketones (excluding diaryl/α,β-unsaturated/α-hetero) is 1. The van der Waals surface area contributed by atoms with Gasteiger partial charge in [-0.05, 0) is 31.1 Å². The van der Waals surface area contributed by atoms with E-state index in [4.69, 9.17) is 0 Å². The minimum absolute atomic E-state index is 0.0613. The second-order valence-electron chi connectivity index (χ2n) is 5.67. The summed E-state index contributed by atoms with van der Waals surface area (Å²) in [6.45, 7) is 6.34. The molecule has 4 atom stereocenters. The fraction of sp³-hybridized carbons (Fsp3) is 0.917. The molecule has 2 bridgehead atoms. The molecule has 0 aromatic heterocycles. The van der Waals surface area contributed by atoms with Gasteiger partial charge in [-0.3, -0.25) is 4.79 Å². The Morgan fingerprint density at radius 1 is 1.50 bits per heavy atom. The summed E-state index contributed by atoms with van der Waals surface area (Å²) in [7, 11) is 0. The fourth-order valence-electron chi connectivity index (χ4n) is 3.38. The largest absolute Gasteiger partial charge is 0.392 e. The van der Waals surface area contributed by atoms with Crippen LogP contribution in [0.3, 0.4) is 0 Å². The lowest BCUT2D eigenvalue weighted by Crippen LogP contribution is -2.38. The Bertz CT molecular complexity index is 259. The van der Waals surface area contributed by atoms with Gasteiger partial charge in [-0.2, -0.15) is 0 Å². The van der Waals surface area contributed by atoms with E-state index in [0.717, 1.165) is 12.8 Å². The van der Waals surface area contributed by atoms with Crippen molar-refractivity contribution in [2.24, 2.45) is 23.2 Å². The molecular formula is C12H20O2. The molecule has 2 heteroatoms. The van der Waals surface area contributed by atoms with Crippen molar-refractivity contribution in [3.63, 3.8) is 0 Å². The first-order chi connectivity index (χ1) is 6.46. The summed E-state index contributed by atoms with van der Waals surface area (Å²) in [5, 5.41) is 9.93. The van der Waals surface area contributed by atoms with Crippen LogP contribution >= 0.6 is 0 Å². The van der Waals surface area contributed by atoms with Crippen molar-refractivity contribution < 1.29 is 9.90 Å². The van der Waals surface area contributed by atoms with Crippen LogP contribution in [0.4, 0.5) is 0 Å². The Hall–Kier alpha value is -0.370. The topological polar surface area (TPSA) is 37.3 Å². The molecule has 0 aliphatic heterocycles. The van der Waals surface area contributed by atoms with E-state index < -0.39 is 0 Å². The predicted molar refractivity (Wildman–Crippen MR) is 54.8 cm³/mol. The summed E-state index contributed by atoms with van der Waals surface area (Å²) >= 11 is 0. The lowest BCUT2D eigenvalue weighted by molar-refractivity contribution is -0.134. The van der Waals surface area contributed by atoms with Gasteiger partial charge in [0.15, 0.2) is 0 Å². The first-order valence-electron chi connectivity index (χ1n) is 5.68. The first kappa shape index (κ1) is 10.2. The third-order valence-electron chi connectivity index (χ3n) is 4.32. The van der Waals surface area contributed by atoms with Crippen LogP contribution in [-0.2, 0) is 4.79 Å². The average Bonchev–Trinajstić information content (AvgIpc) is 2.25. The molecule has 0 heterocycles. The van der Waals surface area contributed by atoms with Crippen molar-refractivity contribution in [2.45, 2.75) is 46.1 Å². The zero-order valence-corrected chi connectivity index (χ0v) is 9.29. The zero-order chi connectivity index (χ0) is 10.5. The molecule has 0 amide bonds. The van der Waals surface area contributed by atoms with E-state index in [1.54, 1.807) is 0 Å². The molecule has 0 aromatic carbocycles. The van der Waals surface area contributed by atoms with Crippen LogP contribution in [0, 0.1) is 23.2 Å². The molecular weight excluding hydrogens is 176 g/mol. The molecule has 80 valence electrons. The van der Waals surface area contributed by atoms with E-state index in [1.807, 2.05) is 6.92 Å². The number of carbonyl (C=O) groups excluding carboxylic acids is 1. The quantitative estimate of drug-likeness (QED) is 0.696. The van der Waals surface area contributed by atoms with E-state index in [-0.39, 0.29) is 17.4 Å². The van der Waals surface area contributed by atoms with Crippen molar-refractivity contribution in [3.8, 4) is 0 Å². The number of fused-ring (bicyclic) bond motifs is 2. The smallest absolute Gasteiger partial charge is 0.144 e. The van der Waals surface area contributed by atoms with E-state index in [0.29, 0.717) is 24.0 Å². The van der Waals surface area contributed by atoms with Crippen molar-refractivity contribution in [1.29, 1.82) is 0 Å². The van der Waals surface area contributed by atoms with Crippen LogP contribution in [0.15, 0.2) is 0 Å². The van der Waals surface area contributed by atoms with Crippen LogP contribution in [0.1, 0.15) is 40.0 Å². The summed E-state index contributed by atoms with van der Waals surface area (Å²) in [5.41, 5.74) is -0.199. The van der Waals surface area contributed by atoms with Gasteiger partial charge in [0.25, 0.3) is 0 Å². The summed E-state index contributed by atoms with van der Waals surface area (Å²) in [4.78, 5) is 12.1. The molecule has 2 aliphatic rings. The molecule has 2 fully saturated rings. The highest BCUT2D eigenvalue weighted by molar-refractivity contribution is 5.90. The molecule has 0 radical (unpaired) electrons. The second-order valence-corrected chi connectivity index (χ2v) is 5.67. The van der Waals surface area contributed by atoms with Crippen LogP contribution in [0.25, 0.3) is 0 Å². The number of hydrogen-bond acceptors (Lipinski definition) is 2. The normalized spacial score (nSPS) is 47.5. The van der Waals surface area contributed by atoms with E-state index in [9.17, 15) is 9.90 Å². The van der Waals surface area contributed by atoms with Crippen molar-refractivity contribution in [1.82, 2.24) is 0 Å². The van der Waals surface area contributed by atoms with Gasteiger partial charge >= 0.3 is 0 Å². The lowest BCUT2D eigenvalue weighted by Gasteiger charge is -2.35. The van der Waals surface area contributed by atoms with Crippen molar-refractivity contribution in [3.05, 3.63) is 0 Å². The Kier molecular flexibility index (Phi) is 2.22. The van der Waals surface area contributed by atoms with Gasteiger partial charge < -0.3 is 5.11 Å². The van der Waals surface area contributed by atoms with Crippen molar-refractivity contribution >= 4 is 5.78 Å². The third kappa shape index (κ3) is 1.23. The number of rotatable bonds is 1. The molecule has 2 rings (SSSR count). The van der Waals surface area contributed by atoms with Gasteiger partial charge in [-0.15, -0.1) is 0 Å².